The van der Waals surface area contributed by atoms with Crippen LogP contribution in [0.2, 0.25) is 5.02 Å². The summed E-state index contributed by atoms with van der Waals surface area (Å²) in [5, 5.41) is 3.72. The van der Waals surface area contributed by atoms with Crippen molar-refractivity contribution in [3.63, 3.8) is 0 Å². The average molecular weight is 222 g/mol. The van der Waals surface area contributed by atoms with Gasteiger partial charge in [0.1, 0.15) is 0 Å². The largest absolute Gasteiger partial charge is 0.399 e. The van der Waals surface area contributed by atoms with E-state index in [0.717, 1.165) is 5.56 Å². The molecule has 4 heteroatoms. The van der Waals surface area contributed by atoms with Crippen molar-refractivity contribution in [2.75, 3.05) is 0 Å². The highest BCUT2D eigenvalue weighted by Crippen LogP contribution is 2.24. The van der Waals surface area contributed by atoms with Crippen molar-refractivity contribution in [3.05, 3.63) is 58.9 Å². The van der Waals surface area contributed by atoms with Gasteiger partial charge in [-0.2, -0.15) is 0 Å². The smallest absolute Gasteiger partial charge is 0.153 e. The molecule has 0 saturated heterocycles. The van der Waals surface area contributed by atoms with Crippen molar-refractivity contribution in [2.45, 2.75) is 5.66 Å². The first-order valence-electron chi connectivity index (χ1n) is 4.58. The zero-order chi connectivity index (χ0) is 10.9. The van der Waals surface area contributed by atoms with Crippen molar-refractivity contribution in [1.29, 1.82) is 0 Å². The van der Waals surface area contributed by atoms with E-state index < -0.39 is 5.66 Å². The summed E-state index contributed by atoms with van der Waals surface area (Å²) in [7, 11) is 0. The van der Waals surface area contributed by atoms with Crippen LogP contribution in [0.1, 0.15) is 5.56 Å². The summed E-state index contributed by atoms with van der Waals surface area (Å²) in [6.45, 7) is 0. The lowest BCUT2D eigenvalue weighted by Gasteiger charge is -2.32. The first kappa shape index (κ1) is 10.1. The van der Waals surface area contributed by atoms with E-state index in [1.807, 2.05) is 18.2 Å². The average Bonchev–Trinajstić information content (AvgIpc) is 2.23. The van der Waals surface area contributed by atoms with Crippen molar-refractivity contribution >= 4 is 11.6 Å². The maximum atomic E-state index is 6.18. The van der Waals surface area contributed by atoms with Gasteiger partial charge in [-0.05, 0) is 36.0 Å². The van der Waals surface area contributed by atoms with Gasteiger partial charge < -0.3 is 11.1 Å². The van der Waals surface area contributed by atoms with Gasteiger partial charge in [-0.1, -0.05) is 23.7 Å². The molecular formula is C11H12ClN3. The summed E-state index contributed by atoms with van der Waals surface area (Å²) in [5.41, 5.74) is 12.7. The van der Waals surface area contributed by atoms with E-state index in [4.69, 9.17) is 23.1 Å². The highest BCUT2D eigenvalue weighted by molar-refractivity contribution is 6.30. The predicted octanol–water partition coefficient (Wildman–Crippen LogP) is 1.41. The summed E-state index contributed by atoms with van der Waals surface area (Å²) < 4.78 is 0. The molecule has 0 saturated carbocycles. The van der Waals surface area contributed by atoms with Gasteiger partial charge in [-0.15, -0.1) is 0 Å². The molecule has 1 aliphatic rings. The van der Waals surface area contributed by atoms with E-state index in [9.17, 15) is 0 Å². The second kappa shape index (κ2) is 3.61. The zero-order valence-electron chi connectivity index (χ0n) is 8.07. The number of allylic oxidation sites excluding steroid dienone is 2. The molecule has 0 aromatic heterocycles. The SMILES string of the molecule is NC1=CC=CNC1(N)c1ccc(Cl)cc1. The number of hydrogen-bond donors (Lipinski definition) is 3. The van der Waals surface area contributed by atoms with Crippen LogP contribution < -0.4 is 16.8 Å². The third kappa shape index (κ3) is 1.71. The minimum atomic E-state index is -0.834. The Morgan fingerprint density at radius 2 is 1.87 bits per heavy atom. The molecule has 1 unspecified atom stereocenters. The van der Waals surface area contributed by atoms with Crippen LogP contribution in [0.4, 0.5) is 0 Å². The molecule has 5 N–H and O–H groups in total. The van der Waals surface area contributed by atoms with Gasteiger partial charge in [0.2, 0.25) is 0 Å². The van der Waals surface area contributed by atoms with Crippen LogP contribution in [0, 0.1) is 0 Å². The minimum Gasteiger partial charge on any atom is -0.399 e. The number of nitrogens with two attached hydrogens (primary N) is 2. The zero-order valence-corrected chi connectivity index (χ0v) is 8.83. The second-order valence-electron chi connectivity index (χ2n) is 3.44. The van der Waals surface area contributed by atoms with Crippen LogP contribution in [0.3, 0.4) is 0 Å². The summed E-state index contributed by atoms with van der Waals surface area (Å²) in [6, 6.07) is 7.29. The van der Waals surface area contributed by atoms with E-state index in [2.05, 4.69) is 5.32 Å². The standard InChI is InChI=1S/C11H12ClN3/c12-9-5-3-8(4-6-9)11(14)10(13)2-1-7-15-11/h1-7,15H,13-14H2. The molecule has 0 bridgehead atoms. The molecule has 2 rings (SSSR count). The van der Waals surface area contributed by atoms with E-state index in [1.165, 1.54) is 0 Å². The molecule has 78 valence electrons. The second-order valence-corrected chi connectivity index (χ2v) is 3.88. The first-order valence-corrected chi connectivity index (χ1v) is 4.96. The summed E-state index contributed by atoms with van der Waals surface area (Å²) >= 11 is 5.81. The van der Waals surface area contributed by atoms with Crippen LogP contribution in [-0.2, 0) is 5.66 Å². The lowest BCUT2D eigenvalue weighted by molar-refractivity contribution is 0.457. The fourth-order valence-corrected chi connectivity index (χ4v) is 1.63. The van der Waals surface area contributed by atoms with Gasteiger partial charge in [0.25, 0.3) is 0 Å². The quantitative estimate of drug-likeness (QED) is 0.672. The fourth-order valence-electron chi connectivity index (χ4n) is 1.51. The van der Waals surface area contributed by atoms with Crippen LogP contribution in [0.15, 0.2) is 48.3 Å². The van der Waals surface area contributed by atoms with E-state index >= 15 is 0 Å². The normalized spacial score (nSPS) is 24.5. The van der Waals surface area contributed by atoms with E-state index in [0.29, 0.717) is 10.7 Å². The van der Waals surface area contributed by atoms with Crippen molar-refractivity contribution in [3.8, 4) is 0 Å². The lowest BCUT2D eigenvalue weighted by Crippen LogP contribution is -2.53. The van der Waals surface area contributed by atoms with Gasteiger partial charge >= 0.3 is 0 Å². The molecule has 0 fully saturated rings. The van der Waals surface area contributed by atoms with Crippen molar-refractivity contribution in [2.24, 2.45) is 11.5 Å². The molecule has 3 nitrogen and oxygen atoms in total. The Balaban J connectivity index is 2.42. The van der Waals surface area contributed by atoms with Gasteiger partial charge in [0.05, 0.1) is 5.70 Å². The van der Waals surface area contributed by atoms with Gasteiger partial charge in [-0.3, -0.25) is 5.73 Å². The maximum Gasteiger partial charge on any atom is 0.153 e. The monoisotopic (exact) mass is 221 g/mol. The Kier molecular flexibility index (Phi) is 2.42. The molecule has 0 spiro atoms. The van der Waals surface area contributed by atoms with E-state index in [-0.39, 0.29) is 0 Å². The third-order valence-electron chi connectivity index (χ3n) is 2.44. The molecule has 15 heavy (non-hydrogen) atoms. The highest BCUT2D eigenvalue weighted by Gasteiger charge is 2.30. The van der Waals surface area contributed by atoms with Crippen LogP contribution >= 0.6 is 11.6 Å². The molecule has 0 aliphatic carbocycles. The number of halogens is 1. The van der Waals surface area contributed by atoms with Crippen molar-refractivity contribution < 1.29 is 0 Å². The topological polar surface area (TPSA) is 64.1 Å². The Bertz CT molecular complexity index is 422. The van der Waals surface area contributed by atoms with Crippen molar-refractivity contribution in [1.82, 2.24) is 5.32 Å². The molecule has 1 aliphatic heterocycles. The highest BCUT2D eigenvalue weighted by atomic mass is 35.5. The molecule has 1 atom stereocenters. The summed E-state index contributed by atoms with van der Waals surface area (Å²) in [6.07, 6.45) is 5.37. The molecule has 1 heterocycles. The van der Waals surface area contributed by atoms with Gasteiger partial charge in [0.15, 0.2) is 5.66 Å². The fraction of sp³-hybridized carbons (Fsp3) is 0.0909. The predicted molar refractivity (Wildman–Crippen MR) is 61.9 cm³/mol. The molecule has 1 aromatic rings. The summed E-state index contributed by atoms with van der Waals surface area (Å²) in [5.74, 6) is 0. The Morgan fingerprint density at radius 3 is 2.47 bits per heavy atom. The van der Waals surface area contributed by atoms with Crippen LogP contribution in [0.25, 0.3) is 0 Å². The Labute approximate surface area is 93.4 Å². The number of hydrogen-bond acceptors (Lipinski definition) is 3. The van der Waals surface area contributed by atoms with Crippen LogP contribution in [0.5, 0.6) is 0 Å². The first-order chi connectivity index (χ1) is 7.13. The number of nitrogens with one attached hydrogen (secondary N) is 1. The van der Waals surface area contributed by atoms with Gasteiger partial charge in [-0.25, -0.2) is 0 Å². The Hall–Kier alpha value is -1.45. The number of benzene rings is 1. The number of dihydropyridines is 1. The third-order valence-corrected chi connectivity index (χ3v) is 2.69. The Morgan fingerprint density at radius 1 is 1.20 bits per heavy atom. The molecular weight excluding hydrogens is 210 g/mol. The van der Waals surface area contributed by atoms with E-state index in [1.54, 1.807) is 24.4 Å². The maximum absolute atomic E-state index is 6.18. The molecule has 0 amide bonds. The molecule has 0 radical (unpaired) electrons. The van der Waals surface area contributed by atoms with Crippen LogP contribution in [-0.4, -0.2) is 0 Å². The minimum absolute atomic E-state index is 0.576. The van der Waals surface area contributed by atoms with Gasteiger partial charge in [0, 0.05) is 5.02 Å². The summed E-state index contributed by atoms with van der Waals surface area (Å²) in [4.78, 5) is 0. The number of rotatable bonds is 1. The molecule has 1 aromatic carbocycles. The lowest BCUT2D eigenvalue weighted by atomic mass is 9.95.